The number of halogens is 4. The lowest BCUT2D eigenvalue weighted by atomic mass is 10.1. The Kier molecular flexibility index (Phi) is 6.32. The summed E-state index contributed by atoms with van der Waals surface area (Å²) in [5.41, 5.74) is -0.670. The van der Waals surface area contributed by atoms with Gasteiger partial charge < -0.3 is 15.7 Å². The van der Waals surface area contributed by atoms with Crippen molar-refractivity contribution < 1.29 is 32.3 Å². The van der Waals surface area contributed by atoms with Crippen LogP contribution < -0.4 is 10.6 Å². The quantitative estimate of drug-likeness (QED) is 0.319. The van der Waals surface area contributed by atoms with Gasteiger partial charge in [0, 0.05) is 17.6 Å². The molecule has 0 saturated carbocycles. The van der Waals surface area contributed by atoms with Crippen molar-refractivity contribution in [2.75, 3.05) is 10.6 Å². The number of carbonyl (C=O) groups is 2. The summed E-state index contributed by atoms with van der Waals surface area (Å²) in [6.07, 6.45) is -3.48. The van der Waals surface area contributed by atoms with E-state index in [0.29, 0.717) is 35.0 Å². The topological polar surface area (TPSA) is 104 Å². The van der Waals surface area contributed by atoms with Crippen LogP contribution in [-0.4, -0.2) is 27.0 Å². The number of alkyl halides is 3. The first-order valence-electron chi connectivity index (χ1n) is 10.1. The summed E-state index contributed by atoms with van der Waals surface area (Å²) in [4.78, 5) is 32.1. The number of anilines is 2. The van der Waals surface area contributed by atoms with Gasteiger partial charge in [0.05, 0.1) is 22.2 Å². The molecule has 0 saturated heterocycles. The minimum atomic E-state index is -4.72. The fraction of sp³-hybridized carbons (Fsp3) is 0.0833. The summed E-state index contributed by atoms with van der Waals surface area (Å²) in [5.74, 6) is -2.84. The Balaban J connectivity index is 1.52. The van der Waals surface area contributed by atoms with Crippen molar-refractivity contribution in [1.82, 2.24) is 9.97 Å². The highest BCUT2D eigenvalue weighted by atomic mass is 19.4. The lowest BCUT2D eigenvalue weighted by Crippen LogP contribution is -2.16. The van der Waals surface area contributed by atoms with Gasteiger partial charge in [-0.25, -0.2) is 19.2 Å². The first-order valence-corrected chi connectivity index (χ1v) is 10.1. The standard InChI is InChI=1S/C24H16F4N4O3/c25-19-8-7-14(24(26,27)28)10-18(19)22(33)32-15-4-1-3-13(9-15)11-29-21-16-5-2-6-17(23(34)35)20(16)30-12-31-21/h1-10,12H,11H2,(H,32,33)(H,34,35)(H,29,30,31). The second-order valence-corrected chi connectivity index (χ2v) is 7.43. The minimum absolute atomic E-state index is 0.0273. The van der Waals surface area contributed by atoms with Gasteiger partial charge >= 0.3 is 12.1 Å². The van der Waals surface area contributed by atoms with Crippen LogP contribution in [0.4, 0.5) is 29.1 Å². The zero-order valence-electron chi connectivity index (χ0n) is 17.7. The summed E-state index contributed by atoms with van der Waals surface area (Å²) in [5, 5.41) is 15.3. The van der Waals surface area contributed by atoms with E-state index >= 15 is 0 Å². The van der Waals surface area contributed by atoms with Crippen LogP contribution in [0.3, 0.4) is 0 Å². The highest BCUT2D eigenvalue weighted by Gasteiger charge is 2.32. The van der Waals surface area contributed by atoms with Crippen LogP contribution >= 0.6 is 0 Å². The number of nitrogens with zero attached hydrogens (tertiary/aromatic N) is 2. The van der Waals surface area contributed by atoms with Crippen LogP contribution in [0.15, 0.2) is 67.0 Å². The summed E-state index contributed by atoms with van der Waals surface area (Å²) < 4.78 is 52.8. The molecule has 178 valence electrons. The number of nitrogens with one attached hydrogen (secondary N) is 2. The average Bonchev–Trinajstić information content (AvgIpc) is 2.82. The molecule has 4 aromatic rings. The minimum Gasteiger partial charge on any atom is -0.478 e. The molecule has 0 spiro atoms. The number of para-hydroxylation sites is 1. The number of aromatic nitrogens is 2. The zero-order chi connectivity index (χ0) is 25.2. The predicted octanol–water partition coefficient (Wildman–Crippen LogP) is 5.35. The Morgan fingerprint density at radius 2 is 1.71 bits per heavy atom. The number of fused-ring (bicyclic) bond motifs is 1. The third-order valence-electron chi connectivity index (χ3n) is 5.08. The number of hydrogen-bond acceptors (Lipinski definition) is 5. The Morgan fingerprint density at radius 1 is 0.943 bits per heavy atom. The van der Waals surface area contributed by atoms with E-state index in [-0.39, 0.29) is 23.3 Å². The number of carboxylic acids is 1. The van der Waals surface area contributed by atoms with Gasteiger partial charge in [0.25, 0.3) is 5.91 Å². The third kappa shape index (κ3) is 5.18. The molecular weight excluding hydrogens is 468 g/mol. The van der Waals surface area contributed by atoms with Gasteiger partial charge in [0.2, 0.25) is 0 Å². The molecule has 3 N–H and O–H groups in total. The molecule has 0 unspecified atom stereocenters. The average molecular weight is 484 g/mol. The number of benzene rings is 3. The van der Waals surface area contributed by atoms with Crippen molar-refractivity contribution in [2.45, 2.75) is 12.7 Å². The third-order valence-corrected chi connectivity index (χ3v) is 5.08. The van der Waals surface area contributed by atoms with Crippen LogP contribution in [0.5, 0.6) is 0 Å². The molecule has 0 aliphatic heterocycles. The fourth-order valence-electron chi connectivity index (χ4n) is 3.42. The van der Waals surface area contributed by atoms with Gasteiger partial charge in [-0.05, 0) is 48.0 Å². The first-order chi connectivity index (χ1) is 16.6. The van der Waals surface area contributed by atoms with E-state index in [0.717, 1.165) is 0 Å². The van der Waals surface area contributed by atoms with E-state index in [4.69, 9.17) is 0 Å². The SMILES string of the molecule is O=C(Nc1cccc(CNc2ncnc3c(C(=O)O)cccc23)c1)c1cc(C(F)(F)F)ccc1F. The lowest BCUT2D eigenvalue weighted by molar-refractivity contribution is -0.137. The largest absolute Gasteiger partial charge is 0.478 e. The molecule has 35 heavy (non-hydrogen) atoms. The first kappa shape index (κ1) is 23.6. The Labute approximate surface area is 195 Å². The van der Waals surface area contributed by atoms with E-state index in [1.807, 2.05) is 0 Å². The van der Waals surface area contributed by atoms with Crippen molar-refractivity contribution in [1.29, 1.82) is 0 Å². The number of hydrogen-bond donors (Lipinski definition) is 3. The Morgan fingerprint density at radius 3 is 2.46 bits per heavy atom. The van der Waals surface area contributed by atoms with Crippen LogP contribution in [0, 0.1) is 5.82 Å². The highest BCUT2D eigenvalue weighted by Crippen LogP contribution is 2.30. The van der Waals surface area contributed by atoms with Crippen molar-refractivity contribution in [3.05, 3.63) is 95.1 Å². The van der Waals surface area contributed by atoms with E-state index in [1.165, 1.54) is 18.5 Å². The second-order valence-electron chi connectivity index (χ2n) is 7.43. The van der Waals surface area contributed by atoms with Crippen molar-refractivity contribution >= 4 is 34.3 Å². The van der Waals surface area contributed by atoms with Gasteiger partial charge in [-0.1, -0.05) is 18.2 Å². The summed E-state index contributed by atoms with van der Waals surface area (Å²) in [6.45, 7) is 0.213. The van der Waals surface area contributed by atoms with Gasteiger partial charge in [0.1, 0.15) is 18.0 Å². The van der Waals surface area contributed by atoms with Crippen LogP contribution in [0.1, 0.15) is 31.8 Å². The number of carbonyl (C=O) groups excluding carboxylic acids is 1. The maximum atomic E-state index is 14.0. The molecule has 11 heteroatoms. The van der Waals surface area contributed by atoms with Crippen molar-refractivity contribution in [2.24, 2.45) is 0 Å². The van der Waals surface area contributed by atoms with Crippen LogP contribution in [0.2, 0.25) is 0 Å². The molecule has 0 bridgehead atoms. The second kappa shape index (κ2) is 9.37. The Hall–Kier alpha value is -4.54. The van der Waals surface area contributed by atoms with Gasteiger partial charge in [-0.3, -0.25) is 4.79 Å². The summed E-state index contributed by atoms with van der Waals surface area (Å²) in [6, 6.07) is 12.7. The predicted molar refractivity (Wildman–Crippen MR) is 120 cm³/mol. The molecular formula is C24H16F4N4O3. The molecule has 1 aromatic heterocycles. The molecule has 0 fully saturated rings. The molecule has 7 nitrogen and oxygen atoms in total. The monoisotopic (exact) mass is 484 g/mol. The Bertz CT molecular complexity index is 1440. The zero-order valence-corrected chi connectivity index (χ0v) is 17.7. The molecule has 1 heterocycles. The highest BCUT2D eigenvalue weighted by molar-refractivity contribution is 6.05. The summed E-state index contributed by atoms with van der Waals surface area (Å²) >= 11 is 0. The normalized spacial score (nSPS) is 11.3. The van der Waals surface area contributed by atoms with Crippen LogP contribution in [0.25, 0.3) is 10.9 Å². The van der Waals surface area contributed by atoms with E-state index in [1.54, 1.807) is 30.3 Å². The van der Waals surface area contributed by atoms with Gasteiger partial charge in [0.15, 0.2) is 0 Å². The van der Waals surface area contributed by atoms with E-state index < -0.39 is 35.0 Å². The lowest BCUT2D eigenvalue weighted by Gasteiger charge is -2.12. The molecule has 0 aliphatic carbocycles. The maximum Gasteiger partial charge on any atom is 0.416 e. The van der Waals surface area contributed by atoms with Crippen LogP contribution in [-0.2, 0) is 12.7 Å². The molecule has 3 aromatic carbocycles. The fourth-order valence-corrected chi connectivity index (χ4v) is 3.42. The van der Waals surface area contributed by atoms with Gasteiger partial charge in [-0.15, -0.1) is 0 Å². The molecule has 0 radical (unpaired) electrons. The smallest absolute Gasteiger partial charge is 0.416 e. The van der Waals surface area contributed by atoms with Crippen molar-refractivity contribution in [3.63, 3.8) is 0 Å². The maximum absolute atomic E-state index is 14.0. The number of amides is 1. The molecule has 0 atom stereocenters. The van der Waals surface area contributed by atoms with Crippen molar-refractivity contribution in [3.8, 4) is 0 Å². The molecule has 0 aliphatic rings. The van der Waals surface area contributed by atoms with E-state index in [2.05, 4.69) is 20.6 Å². The number of rotatable bonds is 6. The van der Waals surface area contributed by atoms with E-state index in [9.17, 15) is 32.3 Å². The number of aromatic carboxylic acids is 1. The molecule has 1 amide bonds. The molecule has 4 rings (SSSR count). The summed E-state index contributed by atoms with van der Waals surface area (Å²) in [7, 11) is 0. The number of carboxylic acid groups (broad SMARTS) is 1. The van der Waals surface area contributed by atoms with Gasteiger partial charge in [-0.2, -0.15) is 13.2 Å².